The third-order valence-corrected chi connectivity index (χ3v) is 4.55. The van der Waals surface area contributed by atoms with Crippen LogP contribution in [0.1, 0.15) is 11.1 Å². The summed E-state index contributed by atoms with van der Waals surface area (Å²) in [6, 6.07) is 7.97. The summed E-state index contributed by atoms with van der Waals surface area (Å²) in [6.45, 7) is 0. The van der Waals surface area contributed by atoms with Crippen LogP contribution in [-0.4, -0.2) is 27.0 Å². The van der Waals surface area contributed by atoms with E-state index in [1.54, 1.807) is 12.4 Å². The first-order valence-electron chi connectivity index (χ1n) is 9.44. The van der Waals surface area contributed by atoms with Crippen molar-refractivity contribution in [3.63, 3.8) is 0 Å². The highest BCUT2D eigenvalue weighted by molar-refractivity contribution is 6.30. The highest BCUT2D eigenvalue weighted by Crippen LogP contribution is 2.31. The minimum absolute atomic E-state index is 0.0295. The molecule has 4 rings (SSSR count). The van der Waals surface area contributed by atoms with Gasteiger partial charge in [0.15, 0.2) is 17.4 Å². The zero-order valence-corrected chi connectivity index (χ0v) is 17.8. The van der Waals surface area contributed by atoms with Crippen LogP contribution >= 0.6 is 11.6 Å². The fraction of sp³-hybridized carbons (Fsp3) is 0.0909. The van der Waals surface area contributed by atoms with Crippen LogP contribution in [0.25, 0.3) is 0 Å². The summed E-state index contributed by atoms with van der Waals surface area (Å²) in [7, 11) is 1.46. The van der Waals surface area contributed by atoms with Crippen molar-refractivity contribution < 1.29 is 23.0 Å². The molecule has 0 saturated carbocycles. The van der Waals surface area contributed by atoms with E-state index in [-0.39, 0.29) is 34.8 Å². The fourth-order valence-corrected chi connectivity index (χ4v) is 2.97. The molecule has 4 aromatic rings. The SMILES string of the molecule is COc1ncc(Cc2cnc(Oc3ccc(Oc4c(F)cc(Cl)cc4F)cc3)[nH]c2=O)cn1. The van der Waals surface area contributed by atoms with Crippen LogP contribution in [0.4, 0.5) is 8.78 Å². The molecule has 1 N–H and O–H groups in total. The summed E-state index contributed by atoms with van der Waals surface area (Å²) in [4.78, 5) is 27.0. The Morgan fingerprint density at radius 3 is 2.12 bits per heavy atom. The average Bonchev–Trinajstić information content (AvgIpc) is 2.79. The van der Waals surface area contributed by atoms with Crippen LogP contribution in [0.2, 0.25) is 5.02 Å². The van der Waals surface area contributed by atoms with Crippen molar-refractivity contribution >= 4 is 11.6 Å². The van der Waals surface area contributed by atoms with Gasteiger partial charge in [0.25, 0.3) is 5.56 Å². The predicted octanol–water partition coefficient (Wildman–Crippen LogP) is 4.68. The van der Waals surface area contributed by atoms with Crippen LogP contribution in [0.5, 0.6) is 29.3 Å². The summed E-state index contributed by atoms with van der Waals surface area (Å²) in [5.41, 5.74) is 0.720. The molecule has 0 aliphatic carbocycles. The second-order valence-electron chi connectivity index (χ2n) is 6.67. The van der Waals surface area contributed by atoms with Crippen molar-refractivity contribution in [2.24, 2.45) is 0 Å². The van der Waals surface area contributed by atoms with Crippen molar-refractivity contribution in [3.8, 4) is 29.3 Å². The number of aromatic amines is 1. The van der Waals surface area contributed by atoms with Gasteiger partial charge in [-0.2, -0.15) is 0 Å². The molecule has 2 heterocycles. The molecule has 0 bridgehead atoms. The van der Waals surface area contributed by atoms with Crippen LogP contribution in [0, 0.1) is 11.6 Å². The maximum Gasteiger partial charge on any atom is 0.316 e. The topological polar surface area (TPSA) is 99.2 Å². The summed E-state index contributed by atoms with van der Waals surface area (Å²) in [6.07, 6.45) is 4.78. The van der Waals surface area contributed by atoms with Gasteiger partial charge in [0.1, 0.15) is 11.5 Å². The van der Waals surface area contributed by atoms with Crippen molar-refractivity contribution in [1.82, 2.24) is 19.9 Å². The molecule has 2 aromatic heterocycles. The molecule has 0 amide bonds. The Kier molecular flexibility index (Phi) is 6.45. The van der Waals surface area contributed by atoms with Gasteiger partial charge >= 0.3 is 12.0 Å². The maximum absolute atomic E-state index is 13.9. The molecular weight excluding hydrogens is 458 g/mol. The van der Waals surface area contributed by atoms with Crippen LogP contribution in [-0.2, 0) is 6.42 Å². The number of methoxy groups -OCH3 is 1. The lowest BCUT2D eigenvalue weighted by atomic mass is 10.1. The van der Waals surface area contributed by atoms with Crippen LogP contribution in [0.3, 0.4) is 0 Å². The van der Waals surface area contributed by atoms with Crippen LogP contribution < -0.4 is 19.8 Å². The zero-order chi connectivity index (χ0) is 23.4. The number of hydrogen-bond acceptors (Lipinski definition) is 7. The number of benzene rings is 2. The second-order valence-corrected chi connectivity index (χ2v) is 7.11. The number of halogens is 3. The van der Waals surface area contributed by atoms with Crippen molar-refractivity contribution in [2.75, 3.05) is 7.11 Å². The highest BCUT2D eigenvalue weighted by Gasteiger charge is 2.13. The molecule has 0 unspecified atom stereocenters. The van der Waals surface area contributed by atoms with E-state index < -0.39 is 17.4 Å². The summed E-state index contributed by atoms with van der Waals surface area (Å²) < 4.78 is 43.4. The van der Waals surface area contributed by atoms with E-state index in [0.717, 1.165) is 12.1 Å². The molecule has 2 aromatic carbocycles. The molecule has 33 heavy (non-hydrogen) atoms. The standard InChI is InChI=1S/C22H15ClF2N4O4/c1-31-21-26-9-12(10-27-21)6-13-11-28-22(29-20(13)30)33-16-4-2-15(3-5-16)32-19-17(24)7-14(23)8-18(19)25/h2-5,7-11H,6H2,1H3,(H,28,29,30). The smallest absolute Gasteiger partial charge is 0.316 e. The van der Waals surface area contributed by atoms with E-state index in [2.05, 4.69) is 19.9 Å². The Labute approximate surface area is 190 Å². The Hall–Kier alpha value is -4.05. The largest absolute Gasteiger partial charge is 0.467 e. The van der Waals surface area contributed by atoms with Gasteiger partial charge < -0.3 is 14.2 Å². The molecular formula is C22H15ClF2N4O4. The van der Waals surface area contributed by atoms with E-state index in [1.165, 1.54) is 37.6 Å². The van der Waals surface area contributed by atoms with E-state index in [9.17, 15) is 13.6 Å². The van der Waals surface area contributed by atoms with Gasteiger partial charge in [-0.3, -0.25) is 9.78 Å². The van der Waals surface area contributed by atoms with Crippen molar-refractivity contribution in [1.29, 1.82) is 0 Å². The van der Waals surface area contributed by atoms with E-state index in [0.29, 0.717) is 16.9 Å². The number of H-pyrrole nitrogens is 1. The van der Waals surface area contributed by atoms with Crippen LogP contribution in [0.15, 0.2) is 59.8 Å². The quantitative estimate of drug-likeness (QED) is 0.417. The number of nitrogens with zero attached hydrogens (tertiary/aromatic N) is 3. The van der Waals surface area contributed by atoms with Gasteiger partial charge in [0.05, 0.1) is 7.11 Å². The monoisotopic (exact) mass is 472 g/mol. The van der Waals surface area contributed by atoms with Crippen molar-refractivity contribution in [3.05, 3.63) is 93.1 Å². The number of ether oxygens (including phenoxy) is 3. The number of rotatable bonds is 7. The normalized spacial score (nSPS) is 10.7. The third kappa shape index (κ3) is 5.42. The molecule has 0 spiro atoms. The highest BCUT2D eigenvalue weighted by atomic mass is 35.5. The molecule has 0 fully saturated rings. The van der Waals surface area contributed by atoms with Gasteiger partial charge in [-0.15, -0.1) is 0 Å². The number of aromatic nitrogens is 4. The van der Waals surface area contributed by atoms with Gasteiger partial charge in [0, 0.05) is 35.6 Å². The van der Waals surface area contributed by atoms with E-state index in [1.807, 2.05) is 0 Å². The fourth-order valence-electron chi connectivity index (χ4n) is 2.77. The molecule has 0 atom stereocenters. The molecule has 11 heteroatoms. The Morgan fingerprint density at radius 1 is 0.939 bits per heavy atom. The first-order valence-corrected chi connectivity index (χ1v) is 9.82. The van der Waals surface area contributed by atoms with E-state index in [4.69, 9.17) is 25.8 Å². The average molecular weight is 473 g/mol. The Balaban J connectivity index is 1.42. The predicted molar refractivity (Wildman–Crippen MR) is 114 cm³/mol. The maximum atomic E-state index is 13.9. The molecule has 0 aliphatic heterocycles. The van der Waals surface area contributed by atoms with Gasteiger partial charge in [0.2, 0.25) is 0 Å². The lowest BCUT2D eigenvalue weighted by molar-refractivity contribution is 0.379. The molecule has 0 saturated heterocycles. The number of nitrogens with one attached hydrogen (secondary N) is 1. The summed E-state index contributed by atoms with van der Waals surface area (Å²) >= 11 is 5.60. The molecule has 168 valence electrons. The number of hydrogen-bond donors (Lipinski definition) is 1. The summed E-state index contributed by atoms with van der Waals surface area (Å²) in [5, 5.41) is -0.0778. The van der Waals surface area contributed by atoms with Crippen molar-refractivity contribution in [2.45, 2.75) is 6.42 Å². The zero-order valence-electron chi connectivity index (χ0n) is 17.0. The van der Waals surface area contributed by atoms with Gasteiger partial charge in [-0.25, -0.2) is 23.7 Å². The first kappa shape index (κ1) is 22.2. The lowest BCUT2D eigenvalue weighted by Crippen LogP contribution is -2.14. The Bertz CT molecular complexity index is 1310. The molecule has 8 nitrogen and oxygen atoms in total. The van der Waals surface area contributed by atoms with Gasteiger partial charge in [-0.1, -0.05) is 11.6 Å². The minimum Gasteiger partial charge on any atom is -0.467 e. The second kappa shape index (κ2) is 9.61. The third-order valence-electron chi connectivity index (χ3n) is 4.33. The lowest BCUT2D eigenvalue weighted by Gasteiger charge is -2.09. The Morgan fingerprint density at radius 2 is 1.55 bits per heavy atom. The van der Waals surface area contributed by atoms with E-state index >= 15 is 0 Å². The molecule has 0 aliphatic rings. The summed E-state index contributed by atoms with van der Waals surface area (Å²) in [5.74, 6) is -1.94. The molecule has 0 radical (unpaired) electrons. The minimum atomic E-state index is -0.927. The van der Waals surface area contributed by atoms with Gasteiger partial charge in [-0.05, 0) is 42.0 Å². The first-order chi connectivity index (χ1) is 15.9.